The monoisotopic (exact) mass is 298 g/mol. The zero-order chi connectivity index (χ0) is 12.3. The maximum Gasteiger partial charge on any atom is 0.395 e. The summed E-state index contributed by atoms with van der Waals surface area (Å²) in [4.78, 5) is 11.0. The number of benzene rings is 1. The molecule has 6 heteroatoms. The molecule has 1 rings (SSSR count). The highest BCUT2D eigenvalue weighted by molar-refractivity contribution is 9.10. The summed E-state index contributed by atoms with van der Waals surface area (Å²) >= 11 is 2.89. The van der Waals surface area contributed by atoms with Crippen LogP contribution in [0.5, 0.6) is 0 Å². The van der Waals surface area contributed by atoms with Crippen LogP contribution in [-0.4, -0.2) is 12.0 Å². The van der Waals surface area contributed by atoms with E-state index in [9.17, 15) is 22.4 Å². The van der Waals surface area contributed by atoms with E-state index >= 15 is 0 Å². The molecule has 0 spiro atoms. The first kappa shape index (κ1) is 13.2. The van der Waals surface area contributed by atoms with Crippen LogP contribution in [0.3, 0.4) is 0 Å². The molecule has 0 aliphatic heterocycles. The predicted octanol–water partition coefficient (Wildman–Crippen LogP) is 3.65. The highest BCUT2D eigenvalue weighted by Crippen LogP contribution is 2.22. The van der Waals surface area contributed by atoms with E-state index in [1.165, 1.54) is 12.1 Å². The van der Waals surface area contributed by atoms with Crippen molar-refractivity contribution in [1.82, 2.24) is 0 Å². The molecule has 88 valence electrons. The van der Waals surface area contributed by atoms with Crippen LogP contribution < -0.4 is 0 Å². The van der Waals surface area contributed by atoms with E-state index in [0.717, 1.165) is 6.07 Å². The summed E-state index contributed by atoms with van der Waals surface area (Å²) in [6.07, 6.45) is -6.30. The molecule has 0 amide bonds. The Kier molecular flexibility index (Phi) is 4.07. The number of halogens is 5. The number of carbonyl (C=O) groups is 1. The van der Waals surface area contributed by atoms with Crippen molar-refractivity contribution < 1.29 is 22.4 Å². The third-order valence-electron chi connectivity index (χ3n) is 1.78. The average Bonchev–Trinajstić information content (AvgIpc) is 2.08. The van der Waals surface area contributed by atoms with Crippen molar-refractivity contribution in [2.45, 2.75) is 19.0 Å². The van der Waals surface area contributed by atoms with E-state index in [-0.39, 0.29) is 10.9 Å². The molecular weight excluding hydrogens is 292 g/mol. The Balaban J connectivity index is 2.67. The summed E-state index contributed by atoms with van der Waals surface area (Å²) in [5, 5.41) is 0. The number of ketones is 1. The minimum atomic E-state index is -4.49. The first-order chi connectivity index (χ1) is 7.28. The Morgan fingerprint density at radius 1 is 1.31 bits per heavy atom. The maximum atomic E-state index is 12.8. The molecule has 0 fully saturated rings. The Bertz CT molecular complexity index is 400. The van der Waals surface area contributed by atoms with Gasteiger partial charge in [-0.15, -0.1) is 0 Å². The highest BCUT2D eigenvalue weighted by atomic mass is 79.9. The number of rotatable bonds is 3. The molecule has 0 N–H and O–H groups in total. The van der Waals surface area contributed by atoms with Crippen LogP contribution in [-0.2, 0) is 11.2 Å². The van der Waals surface area contributed by atoms with Gasteiger partial charge in [-0.25, -0.2) is 4.39 Å². The molecule has 0 saturated carbocycles. The van der Waals surface area contributed by atoms with Crippen LogP contribution in [0.25, 0.3) is 0 Å². The van der Waals surface area contributed by atoms with Crippen molar-refractivity contribution in [3.05, 3.63) is 34.1 Å². The Hall–Kier alpha value is -0.910. The number of carbonyl (C=O) groups excluding carboxylic acids is 1. The van der Waals surface area contributed by atoms with Crippen LogP contribution in [0, 0.1) is 5.82 Å². The topological polar surface area (TPSA) is 17.1 Å². The lowest BCUT2D eigenvalue weighted by Gasteiger charge is -2.05. The normalized spacial score (nSPS) is 11.6. The summed E-state index contributed by atoms with van der Waals surface area (Å²) in [6.45, 7) is 0. The molecule has 0 saturated heterocycles. The van der Waals surface area contributed by atoms with E-state index < -0.39 is 24.2 Å². The van der Waals surface area contributed by atoms with Crippen molar-refractivity contribution in [3.63, 3.8) is 0 Å². The second-order valence-corrected chi connectivity index (χ2v) is 4.11. The zero-order valence-electron chi connectivity index (χ0n) is 7.94. The highest BCUT2D eigenvalue weighted by Gasteiger charge is 2.30. The number of hydrogen-bond donors (Lipinski definition) is 0. The molecule has 0 unspecified atom stereocenters. The minimum Gasteiger partial charge on any atom is -0.299 e. The molecule has 0 aliphatic carbocycles. The van der Waals surface area contributed by atoms with Crippen LogP contribution in [0.1, 0.15) is 12.0 Å². The summed E-state index contributed by atoms with van der Waals surface area (Å²) < 4.78 is 48.5. The van der Waals surface area contributed by atoms with Gasteiger partial charge < -0.3 is 0 Å². The lowest BCUT2D eigenvalue weighted by atomic mass is 10.1. The summed E-state index contributed by atoms with van der Waals surface area (Å²) in [5.41, 5.74) is 0.350. The standard InChI is InChI=1S/C10H7BrF4O/c11-8-4-6(1-2-9(8)12)3-7(16)5-10(13,14)15/h1-2,4H,3,5H2. The number of Topliss-reactive ketones (excluding diaryl/α,β-unsaturated/α-hetero) is 1. The largest absolute Gasteiger partial charge is 0.395 e. The van der Waals surface area contributed by atoms with Gasteiger partial charge in [-0.1, -0.05) is 6.07 Å². The second-order valence-electron chi connectivity index (χ2n) is 3.26. The molecule has 0 radical (unpaired) electrons. The number of hydrogen-bond acceptors (Lipinski definition) is 1. The maximum absolute atomic E-state index is 12.8. The summed E-state index contributed by atoms with van der Waals surface area (Å²) in [7, 11) is 0. The Morgan fingerprint density at radius 3 is 2.44 bits per heavy atom. The smallest absolute Gasteiger partial charge is 0.299 e. The molecule has 0 atom stereocenters. The first-order valence-electron chi connectivity index (χ1n) is 4.30. The lowest BCUT2D eigenvalue weighted by Crippen LogP contribution is -2.16. The molecule has 1 aromatic rings. The van der Waals surface area contributed by atoms with Crippen molar-refractivity contribution in [2.75, 3.05) is 0 Å². The molecule has 16 heavy (non-hydrogen) atoms. The minimum absolute atomic E-state index is 0.129. The first-order valence-corrected chi connectivity index (χ1v) is 5.09. The molecule has 0 aliphatic rings. The molecular formula is C10H7BrF4O. The van der Waals surface area contributed by atoms with E-state index in [1.54, 1.807) is 0 Å². The third-order valence-corrected chi connectivity index (χ3v) is 2.39. The van der Waals surface area contributed by atoms with Gasteiger partial charge >= 0.3 is 6.18 Å². The van der Waals surface area contributed by atoms with Crippen LogP contribution in [0.15, 0.2) is 22.7 Å². The SMILES string of the molecule is O=C(Cc1ccc(F)c(Br)c1)CC(F)(F)F. The fourth-order valence-electron chi connectivity index (χ4n) is 1.16. The zero-order valence-corrected chi connectivity index (χ0v) is 9.53. The fourth-order valence-corrected chi connectivity index (χ4v) is 1.59. The Morgan fingerprint density at radius 2 is 1.94 bits per heavy atom. The van der Waals surface area contributed by atoms with Gasteiger partial charge in [0.15, 0.2) is 0 Å². The van der Waals surface area contributed by atoms with Gasteiger partial charge in [-0.05, 0) is 33.6 Å². The van der Waals surface area contributed by atoms with Gasteiger partial charge in [0.1, 0.15) is 18.0 Å². The molecule has 1 nitrogen and oxygen atoms in total. The van der Waals surface area contributed by atoms with Gasteiger partial charge in [-0.3, -0.25) is 4.79 Å². The van der Waals surface area contributed by atoms with E-state index in [0.29, 0.717) is 5.56 Å². The number of alkyl halides is 3. The summed E-state index contributed by atoms with van der Waals surface area (Å²) in [5.74, 6) is -1.46. The van der Waals surface area contributed by atoms with E-state index in [1.807, 2.05) is 0 Å². The molecule has 0 heterocycles. The average molecular weight is 299 g/mol. The molecule has 1 aromatic carbocycles. The van der Waals surface area contributed by atoms with Crippen molar-refractivity contribution in [1.29, 1.82) is 0 Å². The van der Waals surface area contributed by atoms with Crippen LogP contribution in [0.2, 0.25) is 0 Å². The van der Waals surface area contributed by atoms with Crippen LogP contribution >= 0.6 is 15.9 Å². The van der Waals surface area contributed by atoms with E-state index in [2.05, 4.69) is 15.9 Å². The van der Waals surface area contributed by atoms with Crippen molar-refractivity contribution >= 4 is 21.7 Å². The van der Waals surface area contributed by atoms with Crippen LogP contribution in [0.4, 0.5) is 17.6 Å². The second kappa shape index (κ2) is 4.95. The van der Waals surface area contributed by atoms with Gasteiger partial charge in [0.2, 0.25) is 0 Å². The van der Waals surface area contributed by atoms with Gasteiger partial charge in [-0.2, -0.15) is 13.2 Å². The fraction of sp³-hybridized carbons (Fsp3) is 0.300. The van der Waals surface area contributed by atoms with Crippen molar-refractivity contribution in [2.24, 2.45) is 0 Å². The van der Waals surface area contributed by atoms with Gasteiger partial charge in [0, 0.05) is 6.42 Å². The van der Waals surface area contributed by atoms with Crippen molar-refractivity contribution in [3.8, 4) is 0 Å². The molecule has 0 aromatic heterocycles. The van der Waals surface area contributed by atoms with E-state index in [4.69, 9.17) is 0 Å². The van der Waals surface area contributed by atoms with Gasteiger partial charge in [0.25, 0.3) is 0 Å². The lowest BCUT2D eigenvalue weighted by molar-refractivity contribution is -0.151. The predicted molar refractivity (Wildman–Crippen MR) is 53.5 cm³/mol. The summed E-state index contributed by atoms with van der Waals surface area (Å²) in [6, 6.07) is 3.68. The third kappa shape index (κ3) is 4.30. The quantitative estimate of drug-likeness (QED) is 0.779. The molecule has 0 bridgehead atoms. The van der Waals surface area contributed by atoms with Gasteiger partial charge in [0.05, 0.1) is 4.47 Å². The Labute approximate surface area is 97.6 Å².